The van der Waals surface area contributed by atoms with E-state index in [2.05, 4.69) is 15.0 Å². The molecule has 158 valence electrons. The molecule has 0 saturated heterocycles. The van der Waals surface area contributed by atoms with E-state index < -0.39 is 21.3 Å². The number of aryl methyl sites for hydroxylation is 1. The number of nitrogens with one attached hydrogen (secondary N) is 1. The number of nitrogens with zero attached hydrogens (tertiary/aromatic N) is 4. The van der Waals surface area contributed by atoms with E-state index in [0.29, 0.717) is 5.56 Å². The Morgan fingerprint density at radius 2 is 1.67 bits per heavy atom. The summed E-state index contributed by atoms with van der Waals surface area (Å²) in [4.78, 5) is 24.0. The predicted molar refractivity (Wildman–Crippen MR) is 111 cm³/mol. The summed E-state index contributed by atoms with van der Waals surface area (Å²) < 4.78 is 34.6. The Kier molecular flexibility index (Phi) is 5.35. The normalized spacial score (nSPS) is 11.9. The van der Waals surface area contributed by atoms with Crippen molar-refractivity contribution in [2.75, 3.05) is 10.5 Å². The van der Waals surface area contributed by atoms with Crippen molar-refractivity contribution in [3.8, 4) is 0 Å². The second kappa shape index (κ2) is 7.63. The van der Waals surface area contributed by atoms with E-state index >= 15 is 0 Å². The van der Waals surface area contributed by atoms with Gasteiger partial charge in [0, 0.05) is 19.7 Å². The molecule has 11 nitrogen and oxygen atoms in total. The molecular weight excluding hydrogens is 412 g/mol. The smallest absolute Gasteiger partial charge is 0.332 e. The molecule has 0 amide bonds. The second-order valence-corrected chi connectivity index (χ2v) is 8.29. The largest absolute Gasteiger partial charge is 0.447 e. The van der Waals surface area contributed by atoms with Crippen LogP contribution >= 0.6 is 0 Å². The molecule has 0 radical (unpaired) electrons. The van der Waals surface area contributed by atoms with Gasteiger partial charge in [-0.15, -0.1) is 5.11 Å². The number of hydrogen-bond donors (Lipinski definition) is 2. The number of furan rings is 1. The third-order valence-corrected chi connectivity index (χ3v) is 5.96. The topological polar surface area (TPSA) is 154 Å². The molecule has 2 heterocycles. The van der Waals surface area contributed by atoms with Gasteiger partial charge in [0.05, 0.1) is 16.8 Å². The summed E-state index contributed by atoms with van der Waals surface area (Å²) >= 11 is 0. The fraction of sp³-hybridized carbons (Fsp3) is 0.222. The van der Waals surface area contributed by atoms with Gasteiger partial charge in [-0.2, -0.15) is 5.11 Å². The van der Waals surface area contributed by atoms with E-state index in [1.165, 1.54) is 44.6 Å². The highest BCUT2D eigenvalue weighted by Crippen LogP contribution is 2.25. The second-order valence-electron chi connectivity index (χ2n) is 6.61. The van der Waals surface area contributed by atoms with Gasteiger partial charge in [0.15, 0.2) is 5.69 Å². The van der Waals surface area contributed by atoms with Crippen molar-refractivity contribution >= 4 is 33.1 Å². The van der Waals surface area contributed by atoms with Crippen LogP contribution in [0.1, 0.15) is 11.1 Å². The van der Waals surface area contributed by atoms with Gasteiger partial charge in [0.1, 0.15) is 5.82 Å². The van der Waals surface area contributed by atoms with E-state index in [1.807, 2.05) is 0 Å². The molecule has 0 spiro atoms. The molecule has 12 heteroatoms. The third kappa shape index (κ3) is 3.76. The Hall–Kier alpha value is -3.67. The van der Waals surface area contributed by atoms with Crippen molar-refractivity contribution in [2.24, 2.45) is 24.3 Å². The molecule has 0 aliphatic rings. The highest BCUT2D eigenvalue weighted by atomic mass is 32.2. The maximum absolute atomic E-state index is 12.5. The molecule has 3 rings (SSSR count). The van der Waals surface area contributed by atoms with E-state index in [1.54, 1.807) is 13.8 Å². The van der Waals surface area contributed by atoms with Crippen LogP contribution in [0.2, 0.25) is 0 Å². The molecule has 0 aliphatic heterocycles. The van der Waals surface area contributed by atoms with Crippen LogP contribution in [-0.2, 0) is 24.1 Å². The van der Waals surface area contributed by atoms with Crippen LogP contribution in [0.5, 0.6) is 0 Å². The minimum Gasteiger partial charge on any atom is -0.447 e. The number of rotatable bonds is 5. The van der Waals surface area contributed by atoms with E-state index in [0.717, 1.165) is 14.7 Å². The molecule has 0 unspecified atom stereocenters. The van der Waals surface area contributed by atoms with E-state index in [9.17, 15) is 18.0 Å². The molecule has 0 bridgehead atoms. The number of azo groups is 1. The van der Waals surface area contributed by atoms with Crippen molar-refractivity contribution in [3.63, 3.8) is 0 Å². The van der Waals surface area contributed by atoms with E-state index in [4.69, 9.17) is 10.2 Å². The summed E-state index contributed by atoms with van der Waals surface area (Å²) in [6.07, 6.45) is 1.46. The number of nitrogen functional groups attached to an aromatic ring is 1. The number of aromatic nitrogens is 2. The van der Waals surface area contributed by atoms with Crippen molar-refractivity contribution in [2.45, 2.75) is 18.7 Å². The summed E-state index contributed by atoms with van der Waals surface area (Å²) in [5.74, 6) is 0.0247. The Labute approximate surface area is 171 Å². The summed E-state index contributed by atoms with van der Waals surface area (Å²) in [5, 5.41) is 7.76. The van der Waals surface area contributed by atoms with Crippen LogP contribution in [0.15, 0.2) is 59.7 Å². The summed E-state index contributed by atoms with van der Waals surface area (Å²) in [5.41, 5.74) is 6.13. The maximum atomic E-state index is 12.5. The lowest BCUT2D eigenvalue weighted by Gasteiger charge is -2.08. The number of hydrogen-bond acceptors (Lipinski definition) is 8. The predicted octanol–water partition coefficient (Wildman–Crippen LogP) is 2.09. The number of nitrogens with two attached hydrogens (primary N) is 1. The molecule has 2 aromatic heterocycles. The standard InChI is InChI=1S/C18H20N6O5S/c1-10-9-29-16(11(10)2)22-30(27,28)13-7-5-12(6-8-13)20-21-14-15(19)23(3)18(26)24(4)17(14)25/h5-9,22H,19H2,1-4H3. The van der Waals surface area contributed by atoms with Gasteiger partial charge in [-0.05, 0) is 43.7 Å². The summed E-state index contributed by atoms with van der Waals surface area (Å²) in [6, 6.07) is 5.51. The number of benzene rings is 1. The zero-order valence-corrected chi connectivity index (χ0v) is 17.5. The fourth-order valence-electron chi connectivity index (χ4n) is 2.52. The van der Waals surface area contributed by atoms with Crippen molar-refractivity contribution in [1.29, 1.82) is 0 Å². The number of anilines is 2. The molecule has 0 fully saturated rings. The van der Waals surface area contributed by atoms with Crippen molar-refractivity contribution in [1.82, 2.24) is 9.13 Å². The first kappa shape index (κ1) is 21.0. The Balaban J connectivity index is 1.87. The zero-order chi connectivity index (χ0) is 22.2. The lowest BCUT2D eigenvalue weighted by Crippen LogP contribution is -2.37. The average molecular weight is 432 g/mol. The lowest BCUT2D eigenvalue weighted by molar-refractivity contribution is 0.573. The molecule has 3 aromatic rings. The monoisotopic (exact) mass is 432 g/mol. The highest BCUT2D eigenvalue weighted by molar-refractivity contribution is 7.92. The SMILES string of the molecule is Cc1coc(NS(=O)(=O)c2ccc(N=Nc3c(N)n(C)c(=O)n(C)c3=O)cc2)c1C. The van der Waals surface area contributed by atoms with Crippen LogP contribution in [0.25, 0.3) is 0 Å². The minimum atomic E-state index is -3.86. The molecular formula is C18H20N6O5S. The highest BCUT2D eigenvalue weighted by Gasteiger charge is 2.18. The fourth-order valence-corrected chi connectivity index (χ4v) is 3.58. The number of sulfonamides is 1. The van der Waals surface area contributed by atoms with Gasteiger partial charge in [-0.25, -0.2) is 17.9 Å². The van der Waals surface area contributed by atoms with Gasteiger partial charge in [0.2, 0.25) is 5.88 Å². The summed E-state index contributed by atoms with van der Waals surface area (Å²) in [6.45, 7) is 3.55. The van der Waals surface area contributed by atoms with Gasteiger partial charge >= 0.3 is 5.69 Å². The molecule has 1 aromatic carbocycles. The van der Waals surface area contributed by atoms with Gasteiger partial charge < -0.3 is 10.2 Å². The van der Waals surface area contributed by atoms with Crippen LogP contribution in [0, 0.1) is 13.8 Å². The van der Waals surface area contributed by atoms with Gasteiger partial charge in [0.25, 0.3) is 15.6 Å². The average Bonchev–Trinajstić information content (AvgIpc) is 3.02. The Bertz CT molecular complexity index is 1360. The molecule has 0 atom stereocenters. The Morgan fingerprint density at radius 3 is 2.23 bits per heavy atom. The minimum absolute atomic E-state index is 0.00700. The maximum Gasteiger partial charge on any atom is 0.332 e. The quantitative estimate of drug-likeness (QED) is 0.588. The first-order chi connectivity index (χ1) is 14.0. The van der Waals surface area contributed by atoms with Crippen LogP contribution in [-0.4, -0.2) is 17.6 Å². The van der Waals surface area contributed by atoms with E-state index in [-0.39, 0.29) is 28.0 Å². The zero-order valence-electron chi connectivity index (χ0n) is 16.7. The summed E-state index contributed by atoms with van der Waals surface area (Å²) in [7, 11) is -1.15. The van der Waals surface area contributed by atoms with Gasteiger partial charge in [-0.1, -0.05) is 0 Å². The van der Waals surface area contributed by atoms with Crippen molar-refractivity contribution < 1.29 is 12.8 Å². The molecule has 3 N–H and O–H groups in total. The van der Waals surface area contributed by atoms with Crippen molar-refractivity contribution in [3.05, 3.63) is 62.5 Å². The molecule has 0 aliphatic carbocycles. The first-order valence-electron chi connectivity index (χ1n) is 8.67. The molecule has 0 saturated carbocycles. The van der Waals surface area contributed by atoms with Crippen LogP contribution < -0.4 is 21.7 Å². The third-order valence-electron chi connectivity index (χ3n) is 4.61. The Morgan fingerprint density at radius 1 is 1.03 bits per heavy atom. The van der Waals surface area contributed by atoms with Gasteiger partial charge in [-0.3, -0.25) is 13.9 Å². The lowest BCUT2D eigenvalue weighted by atomic mass is 10.2. The van der Waals surface area contributed by atoms with Crippen LogP contribution in [0.3, 0.4) is 0 Å². The van der Waals surface area contributed by atoms with Crippen LogP contribution in [0.4, 0.5) is 23.1 Å². The molecule has 30 heavy (non-hydrogen) atoms. The first-order valence-corrected chi connectivity index (χ1v) is 10.2.